The van der Waals surface area contributed by atoms with E-state index >= 15 is 0 Å². The monoisotopic (exact) mass is 356 g/mol. The molecule has 0 unspecified atom stereocenters. The zero-order valence-corrected chi connectivity index (χ0v) is 15.8. The van der Waals surface area contributed by atoms with Crippen LogP contribution in [0.15, 0.2) is 30.3 Å². The van der Waals surface area contributed by atoms with E-state index in [0.29, 0.717) is 30.3 Å². The van der Waals surface area contributed by atoms with Crippen molar-refractivity contribution >= 4 is 11.7 Å². The standard InChI is InChI=1S/C20H28N4O2/c1-4-5-8-12-21-19-14-17(23-15(2)24-19)20(25)22-13-11-16-9-6-7-10-18(16)26-3/h6-7,9-10,14H,4-5,8,11-13H2,1-3H3,(H,22,25)(H,21,23,24). The molecule has 6 nitrogen and oxygen atoms in total. The summed E-state index contributed by atoms with van der Waals surface area (Å²) in [6.07, 6.45) is 4.12. The molecule has 1 aromatic carbocycles. The highest BCUT2D eigenvalue weighted by atomic mass is 16.5. The Bertz CT molecular complexity index is 719. The Hall–Kier alpha value is -2.63. The number of anilines is 1. The van der Waals surface area contributed by atoms with E-state index in [1.54, 1.807) is 20.1 Å². The summed E-state index contributed by atoms with van der Waals surface area (Å²) in [4.78, 5) is 21.0. The van der Waals surface area contributed by atoms with Gasteiger partial charge in [0.25, 0.3) is 5.91 Å². The fourth-order valence-electron chi connectivity index (χ4n) is 2.68. The van der Waals surface area contributed by atoms with Gasteiger partial charge in [0.2, 0.25) is 0 Å². The quantitative estimate of drug-likeness (QED) is 0.638. The number of nitrogens with one attached hydrogen (secondary N) is 2. The summed E-state index contributed by atoms with van der Waals surface area (Å²) in [5, 5.41) is 6.18. The number of hydrogen-bond acceptors (Lipinski definition) is 5. The van der Waals surface area contributed by atoms with Crippen molar-refractivity contribution in [3.8, 4) is 5.75 Å². The van der Waals surface area contributed by atoms with Gasteiger partial charge < -0.3 is 15.4 Å². The maximum Gasteiger partial charge on any atom is 0.270 e. The van der Waals surface area contributed by atoms with Gasteiger partial charge in [-0.15, -0.1) is 0 Å². The lowest BCUT2D eigenvalue weighted by Gasteiger charge is -2.10. The van der Waals surface area contributed by atoms with E-state index in [-0.39, 0.29) is 5.91 Å². The SMILES string of the molecule is CCCCCNc1cc(C(=O)NCCc2ccccc2OC)nc(C)n1. The number of benzene rings is 1. The van der Waals surface area contributed by atoms with E-state index in [4.69, 9.17) is 4.74 Å². The molecule has 0 aliphatic rings. The Morgan fingerprint density at radius 3 is 2.73 bits per heavy atom. The zero-order valence-electron chi connectivity index (χ0n) is 15.8. The van der Waals surface area contributed by atoms with Crippen molar-refractivity contribution < 1.29 is 9.53 Å². The van der Waals surface area contributed by atoms with Crippen LogP contribution in [0.25, 0.3) is 0 Å². The average molecular weight is 356 g/mol. The van der Waals surface area contributed by atoms with Gasteiger partial charge in [0.15, 0.2) is 0 Å². The average Bonchev–Trinajstić information content (AvgIpc) is 2.65. The van der Waals surface area contributed by atoms with Crippen molar-refractivity contribution in [2.75, 3.05) is 25.5 Å². The third kappa shape index (κ3) is 6.02. The molecule has 0 atom stereocenters. The lowest BCUT2D eigenvalue weighted by molar-refractivity contribution is 0.0948. The van der Waals surface area contributed by atoms with Crippen LogP contribution < -0.4 is 15.4 Å². The zero-order chi connectivity index (χ0) is 18.8. The molecule has 0 aliphatic carbocycles. The minimum Gasteiger partial charge on any atom is -0.496 e. The highest BCUT2D eigenvalue weighted by molar-refractivity contribution is 5.92. The van der Waals surface area contributed by atoms with E-state index < -0.39 is 0 Å². The van der Waals surface area contributed by atoms with Gasteiger partial charge in [-0.05, 0) is 31.4 Å². The Morgan fingerprint density at radius 1 is 1.15 bits per heavy atom. The Kier molecular flexibility index (Phi) is 7.86. The van der Waals surface area contributed by atoms with E-state index in [2.05, 4.69) is 27.5 Å². The number of rotatable bonds is 10. The molecule has 0 spiro atoms. The fourth-order valence-corrected chi connectivity index (χ4v) is 2.68. The van der Waals surface area contributed by atoms with Gasteiger partial charge >= 0.3 is 0 Å². The van der Waals surface area contributed by atoms with Gasteiger partial charge in [-0.1, -0.05) is 38.0 Å². The maximum atomic E-state index is 12.4. The first kappa shape index (κ1) is 19.7. The number of para-hydroxylation sites is 1. The molecule has 0 radical (unpaired) electrons. The fraction of sp³-hybridized carbons (Fsp3) is 0.450. The molecule has 0 bridgehead atoms. The Labute approximate surface area is 155 Å². The molecule has 1 heterocycles. The van der Waals surface area contributed by atoms with Crippen molar-refractivity contribution in [1.82, 2.24) is 15.3 Å². The van der Waals surface area contributed by atoms with Crippen molar-refractivity contribution in [1.29, 1.82) is 0 Å². The van der Waals surface area contributed by atoms with Crippen LogP contribution in [0.5, 0.6) is 5.75 Å². The van der Waals surface area contributed by atoms with E-state index in [9.17, 15) is 4.79 Å². The number of carbonyl (C=O) groups is 1. The number of hydrogen-bond donors (Lipinski definition) is 2. The molecule has 0 fully saturated rings. The van der Waals surface area contributed by atoms with Gasteiger partial charge in [-0.25, -0.2) is 9.97 Å². The van der Waals surface area contributed by atoms with Gasteiger partial charge in [-0.2, -0.15) is 0 Å². The molecule has 2 N–H and O–H groups in total. The molecule has 140 valence electrons. The minimum atomic E-state index is -0.193. The van der Waals surface area contributed by atoms with Crippen LogP contribution in [0, 0.1) is 6.92 Å². The number of carbonyl (C=O) groups excluding carboxylic acids is 1. The lowest BCUT2D eigenvalue weighted by atomic mass is 10.1. The lowest BCUT2D eigenvalue weighted by Crippen LogP contribution is -2.27. The topological polar surface area (TPSA) is 76.1 Å². The molecule has 0 saturated carbocycles. The van der Waals surface area contributed by atoms with Gasteiger partial charge in [0, 0.05) is 19.2 Å². The molecule has 2 rings (SSSR count). The van der Waals surface area contributed by atoms with Crippen molar-refractivity contribution in [2.45, 2.75) is 39.5 Å². The Morgan fingerprint density at radius 2 is 1.96 bits per heavy atom. The maximum absolute atomic E-state index is 12.4. The van der Waals surface area contributed by atoms with Crippen LogP contribution in [0.4, 0.5) is 5.82 Å². The van der Waals surface area contributed by atoms with Gasteiger partial charge in [0.05, 0.1) is 7.11 Å². The molecule has 2 aromatic rings. The smallest absolute Gasteiger partial charge is 0.270 e. The number of nitrogens with zero attached hydrogens (tertiary/aromatic N) is 2. The summed E-state index contributed by atoms with van der Waals surface area (Å²) in [5.41, 5.74) is 1.45. The first-order chi connectivity index (χ1) is 12.6. The summed E-state index contributed by atoms with van der Waals surface area (Å²) < 4.78 is 5.33. The second-order valence-corrected chi connectivity index (χ2v) is 6.14. The number of aryl methyl sites for hydroxylation is 1. The van der Waals surface area contributed by atoms with Crippen LogP contribution in [0.3, 0.4) is 0 Å². The second-order valence-electron chi connectivity index (χ2n) is 6.14. The number of amides is 1. The van der Waals surface area contributed by atoms with E-state index in [0.717, 1.165) is 24.3 Å². The summed E-state index contributed by atoms with van der Waals surface area (Å²) in [6, 6.07) is 9.51. The summed E-state index contributed by atoms with van der Waals surface area (Å²) in [7, 11) is 1.65. The van der Waals surface area contributed by atoms with Crippen LogP contribution in [-0.2, 0) is 6.42 Å². The minimum absolute atomic E-state index is 0.193. The molecule has 0 saturated heterocycles. The second kappa shape index (κ2) is 10.4. The van der Waals surface area contributed by atoms with Gasteiger partial charge in [0.1, 0.15) is 23.1 Å². The number of methoxy groups -OCH3 is 1. The van der Waals surface area contributed by atoms with Crippen LogP contribution >= 0.6 is 0 Å². The van der Waals surface area contributed by atoms with Crippen LogP contribution in [0.2, 0.25) is 0 Å². The third-order valence-electron chi connectivity index (χ3n) is 4.03. The highest BCUT2D eigenvalue weighted by Crippen LogP contribution is 2.17. The van der Waals surface area contributed by atoms with E-state index in [1.165, 1.54) is 12.8 Å². The van der Waals surface area contributed by atoms with Gasteiger partial charge in [-0.3, -0.25) is 4.79 Å². The highest BCUT2D eigenvalue weighted by Gasteiger charge is 2.10. The molecule has 26 heavy (non-hydrogen) atoms. The molecule has 0 aliphatic heterocycles. The summed E-state index contributed by atoms with van der Waals surface area (Å²) >= 11 is 0. The van der Waals surface area contributed by atoms with Crippen molar-refractivity contribution in [3.63, 3.8) is 0 Å². The number of aromatic nitrogens is 2. The number of unbranched alkanes of at least 4 members (excludes halogenated alkanes) is 2. The molecule has 6 heteroatoms. The summed E-state index contributed by atoms with van der Waals surface area (Å²) in [6.45, 7) is 5.33. The first-order valence-electron chi connectivity index (χ1n) is 9.13. The normalized spacial score (nSPS) is 10.4. The molecule has 1 aromatic heterocycles. The van der Waals surface area contributed by atoms with Crippen molar-refractivity contribution in [2.24, 2.45) is 0 Å². The number of ether oxygens (including phenoxy) is 1. The predicted molar refractivity (Wildman–Crippen MR) is 104 cm³/mol. The summed E-state index contributed by atoms with van der Waals surface area (Å²) in [5.74, 6) is 1.92. The first-order valence-corrected chi connectivity index (χ1v) is 9.13. The van der Waals surface area contributed by atoms with E-state index in [1.807, 2.05) is 24.3 Å². The molecular formula is C20H28N4O2. The van der Waals surface area contributed by atoms with Crippen LogP contribution in [0.1, 0.15) is 48.1 Å². The molecule has 1 amide bonds. The largest absolute Gasteiger partial charge is 0.496 e. The third-order valence-corrected chi connectivity index (χ3v) is 4.03. The predicted octanol–water partition coefficient (Wildman–Crippen LogP) is 3.37. The Balaban J connectivity index is 1.91. The van der Waals surface area contributed by atoms with Crippen LogP contribution in [-0.4, -0.2) is 36.1 Å². The van der Waals surface area contributed by atoms with Crippen molar-refractivity contribution in [3.05, 3.63) is 47.4 Å². The molecular weight excluding hydrogens is 328 g/mol.